The summed E-state index contributed by atoms with van der Waals surface area (Å²) in [4.78, 5) is 28.5. The monoisotopic (exact) mass is 401 g/mol. The van der Waals surface area contributed by atoms with Crippen LogP contribution in [0.2, 0.25) is 0 Å². The third-order valence-corrected chi connectivity index (χ3v) is 5.53. The lowest BCUT2D eigenvalue weighted by molar-refractivity contribution is -0.116. The molecule has 0 unspecified atom stereocenters. The van der Waals surface area contributed by atoms with E-state index in [9.17, 15) is 14.0 Å². The lowest BCUT2D eigenvalue weighted by atomic mass is 10.2. The van der Waals surface area contributed by atoms with Crippen LogP contribution in [-0.4, -0.2) is 22.6 Å². The van der Waals surface area contributed by atoms with E-state index in [0.717, 1.165) is 4.90 Å². The van der Waals surface area contributed by atoms with Gasteiger partial charge < -0.3 is 11.1 Å². The van der Waals surface area contributed by atoms with Gasteiger partial charge in [0.1, 0.15) is 10.8 Å². The number of hydrogen-bond acceptors (Lipinski definition) is 5. The molecule has 3 N–H and O–H groups in total. The van der Waals surface area contributed by atoms with Crippen LogP contribution < -0.4 is 11.1 Å². The number of rotatable bonds is 7. The third-order valence-electron chi connectivity index (χ3n) is 3.50. The van der Waals surface area contributed by atoms with Crippen molar-refractivity contribution in [1.29, 1.82) is 0 Å². The van der Waals surface area contributed by atoms with E-state index < -0.39 is 5.91 Å². The van der Waals surface area contributed by atoms with Crippen molar-refractivity contribution in [2.45, 2.75) is 11.3 Å². The van der Waals surface area contributed by atoms with Gasteiger partial charge in [0.15, 0.2) is 0 Å². The SMILES string of the molecule is NC(=O)CSc1ccccc1NC(=O)Cc1csc(-c2cccc(F)c2)n1. The van der Waals surface area contributed by atoms with Crippen molar-refractivity contribution in [3.63, 3.8) is 0 Å². The van der Waals surface area contributed by atoms with Crippen molar-refractivity contribution < 1.29 is 14.0 Å². The maximum atomic E-state index is 13.3. The molecule has 8 heteroatoms. The maximum Gasteiger partial charge on any atom is 0.230 e. The fourth-order valence-electron chi connectivity index (χ4n) is 2.35. The average molecular weight is 401 g/mol. The molecule has 0 saturated heterocycles. The average Bonchev–Trinajstić information content (AvgIpc) is 3.09. The van der Waals surface area contributed by atoms with Crippen molar-refractivity contribution >= 4 is 40.6 Å². The molecule has 0 bridgehead atoms. The lowest BCUT2D eigenvalue weighted by Crippen LogP contribution is -2.16. The van der Waals surface area contributed by atoms with Crippen LogP contribution in [0.15, 0.2) is 58.8 Å². The van der Waals surface area contributed by atoms with Crippen LogP contribution in [0.3, 0.4) is 0 Å². The second-order valence-corrected chi connectivity index (χ2v) is 7.51. The van der Waals surface area contributed by atoms with Gasteiger partial charge in [-0.2, -0.15) is 0 Å². The molecule has 138 valence electrons. The lowest BCUT2D eigenvalue weighted by Gasteiger charge is -2.09. The van der Waals surface area contributed by atoms with Crippen molar-refractivity contribution in [2.75, 3.05) is 11.1 Å². The second kappa shape index (κ2) is 8.79. The van der Waals surface area contributed by atoms with Gasteiger partial charge >= 0.3 is 0 Å². The Bertz CT molecular complexity index is 975. The Morgan fingerprint density at radius 2 is 2.00 bits per heavy atom. The Labute approximate surface area is 163 Å². The fraction of sp³-hybridized carbons (Fsp3) is 0.105. The Hall–Kier alpha value is -2.71. The van der Waals surface area contributed by atoms with E-state index in [2.05, 4.69) is 10.3 Å². The first-order chi connectivity index (χ1) is 13.0. The number of nitrogens with two attached hydrogens (primary N) is 1. The molecule has 1 heterocycles. The molecule has 0 radical (unpaired) electrons. The number of anilines is 1. The van der Waals surface area contributed by atoms with Crippen molar-refractivity contribution in [2.24, 2.45) is 5.73 Å². The Kier molecular flexibility index (Phi) is 6.20. The van der Waals surface area contributed by atoms with E-state index >= 15 is 0 Å². The summed E-state index contributed by atoms with van der Waals surface area (Å²) in [6, 6.07) is 13.4. The van der Waals surface area contributed by atoms with Crippen LogP contribution in [-0.2, 0) is 16.0 Å². The van der Waals surface area contributed by atoms with Gasteiger partial charge in [0.2, 0.25) is 11.8 Å². The molecule has 3 aromatic rings. The van der Waals surface area contributed by atoms with E-state index in [1.165, 1.54) is 35.2 Å². The number of para-hydroxylation sites is 1. The zero-order chi connectivity index (χ0) is 19.2. The molecule has 3 rings (SSSR count). The van der Waals surface area contributed by atoms with Gasteiger partial charge in [-0.3, -0.25) is 9.59 Å². The van der Waals surface area contributed by atoms with Gasteiger partial charge in [0, 0.05) is 15.8 Å². The Morgan fingerprint density at radius 1 is 1.19 bits per heavy atom. The first kappa shape index (κ1) is 19.1. The first-order valence-corrected chi connectivity index (χ1v) is 9.88. The number of nitrogens with one attached hydrogen (secondary N) is 1. The highest BCUT2D eigenvalue weighted by molar-refractivity contribution is 8.00. The predicted octanol–water partition coefficient (Wildman–Crippen LogP) is 3.71. The predicted molar refractivity (Wildman–Crippen MR) is 106 cm³/mol. The summed E-state index contributed by atoms with van der Waals surface area (Å²) in [6.07, 6.45) is 0.0979. The smallest absolute Gasteiger partial charge is 0.230 e. The van der Waals surface area contributed by atoms with Crippen molar-refractivity contribution in [3.8, 4) is 10.6 Å². The number of carbonyl (C=O) groups is 2. The zero-order valence-corrected chi connectivity index (χ0v) is 15.8. The molecule has 0 aliphatic heterocycles. The number of amides is 2. The van der Waals surface area contributed by atoms with Gasteiger partial charge in [0.05, 0.1) is 23.6 Å². The molecule has 27 heavy (non-hydrogen) atoms. The molecule has 2 amide bonds. The topological polar surface area (TPSA) is 85.1 Å². The number of nitrogens with zero attached hydrogens (tertiary/aromatic N) is 1. The highest BCUT2D eigenvalue weighted by Crippen LogP contribution is 2.27. The molecule has 0 aliphatic carbocycles. The van der Waals surface area contributed by atoms with E-state index in [-0.39, 0.29) is 23.9 Å². The highest BCUT2D eigenvalue weighted by Gasteiger charge is 2.12. The van der Waals surface area contributed by atoms with Crippen LogP contribution in [0.1, 0.15) is 5.69 Å². The van der Waals surface area contributed by atoms with Gasteiger partial charge in [-0.25, -0.2) is 9.37 Å². The summed E-state index contributed by atoms with van der Waals surface area (Å²) < 4.78 is 13.3. The second-order valence-electron chi connectivity index (χ2n) is 5.63. The van der Waals surface area contributed by atoms with Crippen LogP contribution in [0.4, 0.5) is 10.1 Å². The molecule has 0 aliphatic rings. The van der Waals surface area contributed by atoms with Crippen LogP contribution in [0.25, 0.3) is 10.6 Å². The minimum atomic E-state index is -0.423. The standard InChI is InChI=1S/C19H16FN3O2S2/c20-13-5-3-4-12(8-13)19-22-14(10-27-19)9-18(25)23-15-6-1-2-7-16(15)26-11-17(21)24/h1-8,10H,9,11H2,(H2,21,24)(H,23,25). The van der Waals surface area contributed by atoms with E-state index in [1.807, 2.05) is 12.1 Å². The molecular formula is C19H16FN3O2S2. The van der Waals surface area contributed by atoms with Crippen molar-refractivity contribution in [1.82, 2.24) is 4.98 Å². The van der Waals surface area contributed by atoms with Gasteiger partial charge in [-0.1, -0.05) is 24.3 Å². The molecule has 5 nitrogen and oxygen atoms in total. The maximum absolute atomic E-state index is 13.3. The fourth-order valence-corrected chi connectivity index (χ4v) is 3.91. The number of benzene rings is 2. The number of hydrogen-bond donors (Lipinski definition) is 2. The largest absolute Gasteiger partial charge is 0.369 e. The van der Waals surface area contributed by atoms with E-state index in [4.69, 9.17) is 5.73 Å². The molecular weight excluding hydrogens is 385 g/mol. The highest BCUT2D eigenvalue weighted by atomic mass is 32.2. The number of halogens is 1. The molecule has 2 aromatic carbocycles. The van der Waals surface area contributed by atoms with Gasteiger partial charge in [-0.05, 0) is 24.3 Å². The van der Waals surface area contributed by atoms with Crippen LogP contribution >= 0.6 is 23.1 Å². The Balaban J connectivity index is 1.66. The number of thioether (sulfide) groups is 1. The summed E-state index contributed by atoms with van der Waals surface area (Å²) >= 11 is 2.63. The summed E-state index contributed by atoms with van der Waals surface area (Å²) in [7, 11) is 0. The molecule has 0 fully saturated rings. The minimum Gasteiger partial charge on any atom is -0.369 e. The molecule has 0 saturated carbocycles. The normalized spacial score (nSPS) is 10.6. The van der Waals surface area contributed by atoms with Crippen LogP contribution in [0, 0.1) is 5.82 Å². The van der Waals surface area contributed by atoms with E-state index in [1.54, 1.807) is 29.6 Å². The summed E-state index contributed by atoms with van der Waals surface area (Å²) in [5.41, 5.74) is 7.09. The quantitative estimate of drug-likeness (QED) is 0.591. The molecule has 0 spiro atoms. The first-order valence-electron chi connectivity index (χ1n) is 8.01. The summed E-state index contributed by atoms with van der Waals surface area (Å²) in [5, 5.41) is 5.28. The number of carbonyl (C=O) groups excluding carboxylic acids is 2. The van der Waals surface area contributed by atoms with E-state index in [0.29, 0.717) is 22.0 Å². The molecule has 0 atom stereocenters. The Morgan fingerprint density at radius 3 is 2.78 bits per heavy atom. The van der Waals surface area contributed by atoms with Gasteiger partial charge in [-0.15, -0.1) is 23.1 Å². The van der Waals surface area contributed by atoms with Gasteiger partial charge in [0.25, 0.3) is 0 Å². The van der Waals surface area contributed by atoms with Crippen molar-refractivity contribution in [3.05, 3.63) is 65.4 Å². The zero-order valence-electron chi connectivity index (χ0n) is 14.1. The summed E-state index contributed by atoms with van der Waals surface area (Å²) in [6.45, 7) is 0. The third kappa shape index (κ3) is 5.38. The number of primary amides is 1. The summed E-state index contributed by atoms with van der Waals surface area (Å²) in [5.74, 6) is -0.838. The van der Waals surface area contributed by atoms with Crippen LogP contribution in [0.5, 0.6) is 0 Å². The molecule has 1 aromatic heterocycles. The number of aromatic nitrogens is 1. The minimum absolute atomic E-state index is 0.0979. The number of thiazole rings is 1.